The Labute approximate surface area is 105 Å². The summed E-state index contributed by atoms with van der Waals surface area (Å²) in [6.07, 6.45) is 1.71. The maximum Gasteiger partial charge on any atom is 0.237 e. The number of hydrogen-bond acceptors (Lipinski definition) is 3. The van der Waals surface area contributed by atoms with E-state index in [4.69, 9.17) is 10.5 Å². The quantitative estimate of drug-likeness (QED) is 0.718. The summed E-state index contributed by atoms with van der Waals surface area (Å²) < 4.78 is 5.25. The van der Waals surface area contributed by atoms with E-state index in [1.54, 1.807) is 7.11 Å². The molecule has 0 radical (unpaired) electrons. The average Bonchev–Trinajstić information content (AvgIpc) is 2.18. The van der Waals surface area contributed by atoms with Gasteiger partial charge in [0.1, 0.15) is 0 Å². The number of hydrogen-bond donors (Lipinski definition) is 2. The molecule has 0 aromatic rings. The molecule has 0 aliphatic rings. The molecule has 0 bridgehead atoms. The van der Waals surface area contributed by atoms with Gasteiger partial charge in [-0.3, -0.25) is 4.79 Å². The average molecular weight is 253 g/mol. The highest BCUT2D eigenvalue weighted by Gasteiger charge is 2.16. The second kappa shape index (κ2) is 9.87. The topological polar surface area (TPSA) is 64.4 Å². The Hall–Kier alpha value is -0.320. The molecular formula is C11H25ClN2O2. The molecule has 5 heteroatoms. The van der Waals surface area contributed by atoms with Gasteiger partial charge in [-0.1, -0.05) is 27.2 Å². The monoisotopic (exact) mass is 252 g/mol. The van der Waals surface area contributed by atoms with Crippen molar-refractivity contribution in [3.8, 4) is 0 Å². The molecule has 0 rings (SSSR count). The van der Waals surface area contributed by atoms with Crippen molar-refractivity contribution in [1.29, 1.82) is 0 Å². The zero-order valence-corrected chi connectivity index (χ0v) is 11.5. The molecule has 3 N–H and O–H groups in total. The third kappa shape index (κ3) is 7.04. The molecule has 0 aliphatic heterocycles. The van der Waals surface area contributed by atoms with E-state index in [0.717, 1.165) is 12.8 Å². The van der Waals surface area contributed by atoms with Crippen molar-refractivity contribution in [2.45, 2.75) is 45.8 Å². The Bertz CT molecular complexity index is 189. The van der Waals surface area contributed by atoms with Gasteiger partial charge in [-0.25, -0.2) is 0 Å². The largest absolute Gasteiger partial charge is 0.379 e. The van der Waals surface area contributed by atoms with Gasteiger partial charge in [0.15, 0.2) is 0 Å². The molecule has 0 aliphatic carbocycles. The van der Waals surface area contributed by atoms with Gasteiger partial charge in [-0.2, -0.15) is 0 Å². The molecule has 0 aromatic carbocycles. The van der Waals surface area contributed by atoms with Crippen LogP contribution < -0.4 is 11.1 Å². The van der Waals surface area contributed by atoms with E-state index >= 15 is 0 Å². The highest BCUT2D eigenvalue weighted by molar-refractivity contribution is 5.85. The van der Waals surface area contributed by atoms with Crippen LogP contribution in [-0.4, -0.2) is 31.7 Å². The minimum Gasteiger partial charge on any atom is -0.379 e. The summed E-state index contributed by atoms with van der Waals surface area (Å²) in [6.45, 7) is 6.67. The molecule has 0 saturated carbocycles. The zero-order chi connectivity index (χ0) is 11.8. The van der Waals surface area contributed by atoms with Crippen LogP contribution >= 0.6 is 12.4 Å². The summed E-state index contributed by atoms with van der Waals surface area (Å²) in [5.41, 5.74) is 5.68. The van der Waals surface area contributed by atoms with Crippen molar-refractivity contribution in [2.75, 3.05) is 13.7 Å². The molecule has 2 unspecified atom stereocenters. The van der Waals surface area contributed by atoms with Crippen LogP contribution in [0.5, 0.6) is 0 Å². The number of amides is 1. The van der Waals surface area contributed by atoms with E-state index in [1.807, 2.05) is 6.92 Å². The lowest BCUT2D eigenvalue weighted by Gasteiger charge is -2.20. The minimum absolute atomic E-state index is 0. The lowest BCUT2D eigenvalue weighted by molar-refractivity contribution is -0.123. The normalized spacial score (nSPS) is 14.1. The summed E-state index contributed by atoms with van der Waals surface area (Å²) in [7, 11) is 1.66. The number of methoxy groups -OCH3 is 1. The van der Waals surface area contributed by atoms with Gasteiger partial charge < -0.3 is 15.8 Å². The molecule has 98 valence electrons. The van der Waals surface area contributed by atoms with Gasteiger partial charge in [0.05, 0.1) is 12.1 Å². The Morgan fingerprint density at radius 2 is 2.00 bits per heavy atom. The molecule has 4 nitrogen and oxygen atoms in total. The second-order valence-corrected chi connectivity index (χ2v) is 4.16. The van der Waals surface area contributed by atoms with Crippen LogP contribution in [0, 0.1) is 5.92 Å². The first-order valence-corrected chi connectivity index (χ1v) is 5.59. The molecule has 2 atom stereocenters. The fourth-order valence-electron chi connectivity index (χ4n) is 1.37. The van der Waals surface area contributed by atoms with E-state index in [0.29, 0.717) is 12.5 Å². The Kier molecular flexibility index (Phi) is 11.1. The van der Waals surface area contributed by atoms with Crippen molar-refractivity contribution < 1.29 is 9.53 Å². The summed E-state index contributed by atoms with van der Waals surface area (Å²) in [5.74, 6) is 0.303. The van der Waals surface area contributed by atoms with Gasteiger partial charge >= 0.3 is 0 Å². The number of halogens is 1. The number of carbonyl (C=O) groups is 1. The van der Waals surface area contributed by atoms with Crippen molar-refractivity contribution in [3.63, 3.8) is 0 Å². The van der Waals surface area contributed by atoms with Crippen LogP contribution in [0.15, 0.2) is 0 Å². The molecular weight excluding hydrogens is 228 g/mol. The lowest BCUT2D eigenvalue weighted by atomic mass is 10.1. The van der Waals surface area contributed by atoms with E-state index in [1.165, 1.54) is 0 Å². The van der Waals surface area contributed by atoms with Crippen molar-refractivity contribution in [2.24, 2.45) is 11.7 Å². The number of nitrogens with two attached hydrogens (primary N) is 1. The predicted octanol–water partition coefficient (Wildman–Crippen LogP) is 1.32. The number of nitrogens with one attached hydrogen (secondary N) is 1. The number of ether oxygens (including phenoxy) is 1. The summed E-state index contributed by atoms with van der Waals surface area (Å²) in [4.78, 5) is 11.5. The van der Waals surface area contributed by atoms with Crippen molar-refractivity contribution in [3.05, 3.63) is 0 Å². The molecule has 0 saturated heterocycles. The van der Waals surface area contributed by atoms with Crippen LogP contribution in [0.2, 0.25) is 0 Å². The Morgan fingerprint density at radius 1 is 1.44 bits per heavy atom. The first-order valence-electron chi connectivity index (χ1n) is 5.59. The molecule has 1 amide bonds. The van der Waals surface area contributed by atoms with Crippen LogP contribution in [0.25, 0.3) is 0 Å². The van der Waals surface area contributed by atoms with Gasteiger partial charge in [-0.15, -0.1) is 12.4 Å². The van der Waals surface area contributed by atoms with Gasteiger partial charge in [-0.05, 0) is 12.3 Å². The second-order valence-electron chi connectivity index (χ2n) is 4.16. The van der Waals surface area contributed by atoms with Crippen LogP contribution in [-0.2, 0) is 9.53 Å². The Morgan fingerprint density at radius 3 is 2.38 bits per heavy atom. The zero-order valence-electron chi connectivity index (χ0n) is 10.7. The standard InChI is InChI=1S/C11H24N2O2.ClH/c1-5-6-9(12)11(14)13-7-10(15-4)8(2)3;/h8-10H,5-7,12H2,1-4H3,(H,13,14);1H. The molecule has 0 aromatic heterocycles. The number of carbonyl (C=O) groups excluding carboxylic acids is 1. The summed E-state index contributed by atoms with van der Waals surface area (Å²) >= 11 is 0. The van der Waals surface area contributed by atoms with E-state index in [9.17, 15) is 4.79 Å². The molecule has 16 heavy (non-hydrogen) atoms. The minimum atomic E-state index is -0.389. The first kappa shape index (κ1) is 18.1. The highest BCUT2D eigenvalue weighted by Crippen LogP contribution is 2.04. The molecule has 0 heterocycles. The fourth-order valence-corrected chi connectivity index (χ4v) is 1.37. The van der Waals surface area contributed by atoms with Gasteiger partial charge in [0.2, 0.25) is 5.91 Å². The lowest BCUT2D eigenvalue weighted by Crippen LogP contribution is -2.44. The van der Waals surface area contributed by atoms with Crippen molar-refractivity contribution >= 4 is 18.3 Å². The SMILES string of the molecule is CCCC(N)C(=O)NCC(OC)C(C)C.Cl. The third-order valence-corrected chi connectivity index (χ3v) is 2.46. The van der Waals surface area contributed by atoms with E-state index in [2.05, 4.69) is 19.2 Å². The van der Waals surface area contributed by atoms with Gasteiger partial charge in [0.25, 0.3) is 0 Å². The smallest absolute Gasteiger partial charge is 0.237 e. The Balaban J connectivity index is 0. The van der Waals surface area contributed by atoms with E-state index < -0.39 is 0 Å². The summed E-state index contributed by atoms with van der Waals surface area (Å²) in [5, 5.41) is 2.81. The maximum atomic E-state index is 11.5. The highest BCUT2D eigenvalue weighted by atomic mass is 35.5. The van der Waals surface area contributed by atoms with Gasteiger partial charge in [0, 0.05) is 13.7 Å². The predicted molar refractivity (Wildman–Crippen MR) is 68.8 cm³/mol. The van der Waals surface area contributed by atoms with Crippen LogP contribution in [0.3, 0.4) is 0 Å². The maximum absolute atomic E-state index is 11.5. The molecule has 0 fully saturated rings. The third-order valence-electron chi connectivity index (χ3n) is 2.46. The van der Waals surface area contributed by atoms with E-state index in [-0.39, 0.29) is 30.5 Å². The van der Waals surface area contributed by atoms with Crippen LogP contribution in [0.4, 0.5) is 0 Å². The fraction of sp³-hybridized carbons (Fsp3) is 0.909. The van der Waals surface area contributed by atoms with Crippen molar-refractivity contribution in [1.82, 2.24) is 5.32 Å². The molecule has 0 spiro atoms. The number of rotatable bonds is 7. The van der Waals surface area contributed by atoms with Crippen LogP contribution in [0.1, 0.15) is 33.6 Å². The summed E-state index contributed by atoms with van der Waals surface area (Å²) in [6, 6.07) is -0.389. The first-order chi connectivity index (χ1) is 7.02.